The Hall–Kier alpha value is -2.01. The van der Waals surface area contributed by atoms with Crippen LogP contribution >= 0.6 is 0 Å². The highest BCUT2D eigenvalue weighted by molar-refractivity contribution is 5.30. The lowest BCUT2D eigenvalue weighted by molar-refractivity contribution is -0.0498. The second-order valence-corrected chi connectivity index (χ2v) is 4.62. The molecule has 5 heteroatoms. The molecule has 1 aromatic carbocycles. The lowest BCUT2D eigenvalue weighted by Crippen LogP contribution is -2.22. The summed E-state index contributed by atoms with van der Waals surface area (Å²) in [5.74, 6) is 0.174. The van der Waals surface area contributed by atoms with E-state index in [1.165, 1.54) is 5.56 Å². The number of aromatic nitrogens is 1. The maximum absolute atomic E-state index is 12.1. The van der Waals surface area contributed by atoms with Gasteiger partial charge < -0.3 is 10.1 Å². The van der Waals surface area contributed by atoms with Gasteiger partial charge in [0.15, 0.2) is 0 Å². The number of benzene rings is 1. The number of nitrogens with one attached hydrogen (secondary N) is 1. The summed E-state index contributed by atoms with van der Waals surface area (Å²) in [5, 5.41) is 3.40. The molecule has 0 radical (unpaired) electrons. The van der Waals surface area contributed by atoms with Gasteiger partial charge in [0, 0.05) is 18.4 Å². The van der Waals surface area contributed by atoms with Crippen LogP contribution in [-0.2, 0) is 6.42 Å². The number of nitrogens with zero attached hydrogens (tertiary/aromatic N) is 1. The minimum atomic E-state index is -2.79. The van der Waals surface area contributed by atoms with Crippen LogP contribution in [0.5, 0.6) is 5.75 Å². The molecule has 0 amide bonds. The first-order valence-corrected chi connectivity index (χ1v) is 6.86. The highest BCUT2D eigenvalue weighted by Crippen LogP contribution is 2.22. The van der Waals surface area contributed by atoms with Crippen molar-refractivity contribution < 1.29 is 13.5 Å². The van der Waals surface area contributed by atoms with E-state index in [9.17, 15) is 8.78 Å². The van der Waals surface area contributed by atoms with Crippen molar-refractivity contribution in [2.75, 3.05) is 6.54 Å². The Balaban J connectivity index is 2.10. The minimum Gasteiger partial charge on any atom is -0.435 e. The van der Waals surface area contributed by atoms with Gasteiger partial charge in [-0.1, -0.05) is 19.1 Å². The van der Waals surface area contributed by atoms with Gasteiger partial charge in [-0.15, -0.1) is 0 Å². The largest absolute Gasteiger partial charge is 0.435 e. The zero-order valence-corrected chi connectivity index (χ0v) is 11.8. The van der Waals surface area contributed by atoms with Crippen molar-refractivity contribution in [2.24, 2.45) is 0 Å². The number of likely N-dealkylation sites (N-methyl/N-ethyl adjacent to an activating group) is 1. The maximum Gasteiger partial charge on any atom is 0.387 e. The first-order valence-electron chi connectivity index (χ1n) is 6.86. The zero-order chi connectivity index (χ0) is 15.1. The SMILES string of the molecule is CCNC(Cc1ccncc1)c1ccc(OC(F)F)cc1. The molecule has 1 aromatic heterocycles. The molecule has 2 aromatic rings. The molecule has 21 heavy (non-hydrogen) atoms. The first-order chi connectivity index (χ1) is 10.2. The molecule has 1 unspecified atom stereocenters. The van der Waals surface area contributed by atoms with E-state index in [0.717, 1.165) is 18.5 Å². The van der Waals surface area contributed by atoms with Gasteiger partial charge in [0.05, 0.1) is 0 Å². The van der Waals surface area contributed by atoms with Crippen LogP contribution < -0.4 is 10.1 Å². The van der Waals surface area contributed by atoms with Crippen molar-refractivity contribution in [2.45, 2.75) is 26.0 Å². The Morgan fingerprint density at radius 2 is 1.76 bits per heavy atom. The van der Waals surface area contributed by atoms with Gasteiger partial charge in [-0.2, -0.15) is 8.78 Å². The van der Waals surface area contributed by atoms with Crippen molar-refractivity contribution in [1.82, 2.24) is 10.3 Å². The first kappa shape index (κ1) is 15.4. The van der Waals surface area contributed by atoms with E-state index in [1.54, 1.807) is 24.5 Å². The van der Waals surface area contributed by atoms with Crippen LogP contribution in [0.15, 0.2) is 48.8 Å². The molecule has 0 aliphatic carbocycles. The molecule has 112 valence electrons. The van der Waals surface area contributed by atoms with Crippen LogP contribution in [0.4, 0.5) is 8.78 Å². The predicted molar refractivity (Wildman–Crippen MR) is 77.4 cm³/mol. The highest BCUT2D eigenvalue weighted by atomic mass is 19.3. The molecule has 2 rings (SSSR count). The molecule has 0 saturated carbocycles. The molecule has 1 N–H and O–H groups in total. The molecule has 0 saturated heterocycles. The molecule has 0 spiro atoms. The van der Waals surface area contributed by atoms with Gasteiger partial charge >= 0.3 is 6.61 Å². The summed E-state index contributed by atoms with van der Waals surface area (Å²) in [6.07, 6.45) is 4.33. The zero-order valence-electron chi connectivity index (χ0n) is 11.8. The number of ether oxygens (including phenoxy) is 1. The van der Waals surface area contributed by atoms with E-state index in [4.69, 9.17) is 0 Å². The maximum atomic E-state index is 12.1. The predicted octanol–water partition coefficient (Wildman–Crippen LogP) is 3.58. The number of pyridine rings is 1. The quantitative estimate of drug-likeness (QED) is 0.847. The second-order valence-electron chi connectivity index (χ2n) is 4.62. The number of alkyl halides is 2. The molecule has 1 heterocycles. The minimum absolute atomic E-state index is 0.123. The number of rotatable bonds is 7. The van der Waals surface area contributed by atoms with E-state index >= 15 is 0 Å². The third kappa shape index (κ3) is 4.79. The number of hydrogen-bond donors (Lipinski definition) is 1. The summed E-state index contributed by atoms with van der Waals surface area (Å²) >= 11 is 0. The summed E-state index contributed by atoms with van der Waals surface area (Å²) in [5.41, 5.74) is 2.21. The average Bonchev–Trinajstić information content (AvgIpc) is 2.48. The molecule has 1 atom stereocenters. The summed E-state index contributed by atoms with van der Waals surface area (Å²) in [6.45, 7) is 0.0658. The Labute approximate surface area is 123 Å². The van der Waals surface area contributed by atoms with Gasteiger partial charge in [0.25, 0.3) is 0 Å². The molecular formula is C16H18F2N2O. The molecule has 3 nitrogen and oxygen atoms in total. The van der Waals surface area contributed by atoms with Gasteiger partial charge in [0.2, 0.25) is 0 Å². The lowest BCUT2D eigenvalue weighted by atomic mass is 9.99. The third-order valence-corrected chi connectivity index (χ3v) is 3.15. The number of halogens is 2. The van der Waals surface area contributed by atoms with E-state index in [2.05, 4.69) is 15.0 Å². The summed E-state index contributed by atoms with van der Waals surface area (Å²) in [4.78, 5) is 4.00. The standard InChI is InChI=1S/C16H18F2N2O/c1-2-20-15(11-12-7-9-19-10-8-12)13-3-5-14(6-4-13)21-16(17)18/h3-10,15-16,20H,2,11H2,1H3. The van der Waals surface area contributed by atoms with Crippen LogP contribution in [0.2, 0.25) is 0 Å². The van der Waals surface area contributed by atoms with Gasteiger partial charge in [0.1, 0.15) is 5.75 Å². The van der Waals surface area contributed by atoms with Gasteiger partial charge in [-0.25, -0.2) is 0 Å². The molecule has 0 aliphatic heterocycles. The fourth-order valence-corrected chi connectivity index (χ4v) is 2.19. The average molecular weight is 292 g/mol. The van der Waals surface area contributed by atoms with Crippen LogP contribution in [0.25, 0.3) is 0 Å². The Kier molecular flexibility index (Phi) is 5.63. The van der Waals surface area contributed by atoms with Crippen LogP contribution in [0.3, 0.4) is 0 Å². The van der Waals surface area contributed by atoms with E-state index in [1.807, 2.05) is 31.2 Å². The van der Waals surface area contributed by atoms with Crippen molar-refractivity contribution in [3.05, 3.63) is 59.9 Å². The van der Waals surface area contributed by atoms with Crippen molar-refractivity contribution >= 4 is 0 Å². The molecule has 0 bridgehead atoms. The molecular weight excluding hydrogens is 274 g/mol. The van der Waals surface area contributed by atoms with Crippen LogP contribution in [-0.4, -0.2) is 18.1 Å². The van der Waals surface area contributed by atoms with Crippen LogP contribution in [0, 0.1) is 0 Å². The van der Waals surface area contributed by atoms with Gasteiger partial charge in [-0.05, 0) is 48.4 Å². The third-order valence-electron chi connectivity index (χ3n) is 3.15. The van der Waals surface area contributed by atoms with E-state index in [-0.39, 0.29) is 11.8 Å². The summed E-state index contributed by atoms with van der Waals surface area (Å²) < 4.78 is 28.7. The Morgan fingerprint density at radius 3 is 2.33 bits per heavy atom. The Bertz CT molecular complexity index is 532. The summed E-state index contributed by atoms with van der Waals surface area (Å²) in [6, 6.07) is 10.8. The number of hydrogen-bond acceptors (Lipinski definition) is 3. The normalized spacial score (nSPS) is 12.4. The highest BCUT2D eigenvalue weighted by Gasteiger charge is 2.12. The van der Waals surface area contributed by atoms with Gasteiger partial charge in [-0.3, -0.25) is 4.98 Å². The summed E-state index contributed by atoms with van der Waals surface area (Å²) in [7, 11) is 0. The van der Waals surface area contributed by atoms with E-state index in [0.29, 0.717) is 0 Å². The Morgan fingerprint density at radius 1 is 1.10 bits per heavy atom. The smallest absolute Gasteiger partial charge is 0.387 e. The van der Waals surface area contributed by atoms with Crippen molar-refractivity contribution in [3.63, 3.8) is 0 Å². The molecule has 0 aliphatic rings. The molecule has 0 fully saturated rings. The fourth-order valence-electron chi connectivity index (χ4n) is 2.19. The fraction of sp³-hybridized carbons (Fsp3) is 0.312. The second kappa shape index (κ2) is 7.69. The van der Waals surface area contributed by atoms with Crippen molar-refractivity contribution in [1.29, 1.82) is 0 Å². The van der Waals surface area contributed by atoms with E-state index < -0.39 is 6.61 Å². The van der Waals surface area contributed by atoms with Crippen LogP contribution in [0.1, 0.15) is 24.1 Å². The topological polar surface area (TPSA) is 34.2 Å². The van der Waals surface area contributed by atoms with Crippen molar-refractivity contribution in [3.8, 4) is 5.75 Å². The monoisotopic (exact) mass is 292 g/mol. The lowest BCUT2D eigenvalue weighted by Gasteiger charge is -2.19.